The van der Waals surface area contributed by atoms with Gasteiger partial charge in [-0.2, -0.15) is 0 Å². The molecule has 0 aliphatic heterocycles. The second-order valence-corrected chi connectivity index (χ2v) is 5.27. The third-order valence-electron chi connectivity index (χ3n) is 1.63. The van der Waals surface area contributed by atoms with E-state index < -0.39 is 17.7 Å². The molecule has 0 unspecified atom stereocenters. The van der Waals surface area contributed by atoms with Crippen molar-refractivity contribution in [3.8, 4) is 0 Å². The van der Waals surface area contributed by atoms with Crippen LogP contribution in [0.25, 0.3) is 0 Å². The first-order valence-electron chi connectivity index (χ1n) is 4.56. The lowest BCUT2D eigenvalue weighted by Crippen LogP contribution is -2.29. The van der Waals surface area contributed by atoms with Crippen molar-refractivity contribution < 1.29 is 19.4 Å². The third-order valence-corrected chi connectivity index (χ3v) is 2.47. The number of halogens is 1. The van der Waals surface area contributed by atoms with Gasteiger partial charge in [-0.1, -0.05) is 0 Å². The summed E-state index contributed by atoms with van der Waals surface area (Å²) in [5.74, 6) is -1.16. The molecule has 1 aromatic heterocycles. The van der Waals surface area contributed by atoms with Crippen molar-refractivity contribution in [1.82, 2.24) is 4.57 Å². The molecule has 0 aliphatic rings. The molecule has 0 saturated heterocycles. The second kappa shape index (κ2) is 4.44. The summed E-state index contributed by atoms with van der Waals surface area (Å²) in [5.41, 5.74) is -0.751. The van der Waals surface area contributed by atoms with Gasteiger partial charge >= 0.3 is 12.1 Å². The Morgan fingerprint density at radius 3 is 2.38 bits per heavy atom. The summed E-state index contributed by atoms with van der Waals surface area (Å²) in [6, 6.07) is 2.92. The van der Waals surface area contributed by atoms with E-state index in [-0.39, 0.29) is 5.69 Å². The fraction of sp³-hybridized carbons (Fsp3) is 0.400. The zero-order valence-corrected chi connectivity index (χ0v) is 11.3. The average Bonchev–Trinajstić information content (AvgIpc) is 2.43. The van der Waals surface area contributed by atoms with E-state index in [1.165, 1.54) is 6.07 Å². The molecule has 88 valence electrons. The van der Waals surface area contributed by atoms with Crippen molar-refractivity contribution >= 4 is 34.7 Å². The summed E-state index contributed by atoms with van der Waals surface area (Å²) in [6.45, 7) is 5.17. The minimum absolute atomic E-state index is 0.0985. The fourth-order valence-electron chi connectivity index (χ4n) is 1.07. The lowest BCUT2D eigenvalue weighted by molar-refractivity contribution is 0.0501. The average molecular weight is 337 g/mol. The number of aromatic carboxylic acids is 1. The van der Waals surface area contributed by atoms with Crippen LogP contribution in [-0.4, -0.2) is 27.3 Å². The standard InChI is InChI=1S/C10H12INO4/c1-10(2,3)16-9(15)12-6(8(13)14)4-5-7(12)11/h4-5H,1-3H3,(H,13,14). The number of carboxylic acid groups (broad SMARTS) is 1. The Morgan fingerprint density at radius 1 is 1.38 bits per heavy atom. The first-order chi connectivity index (χ1) is 7.22. The highest BCUT2D eigenvalue weighted by Gasteiger charge is 2.23. The molecule has 0 radical (unpaired) electrons. The van der Waals surface area contributed by atoms with Gasteiger partial charge in [0.1, 0.15) is 11.3 Å². The van der Waals surface area contributed by atoms with Crippen LogP contribution < -0.4 is 0 Å². The van der Waals surface area contributed by atoms with Crippen molar-refractivity contribution in [1.29, 1.82) is 0 Å². The van der Waals surface area contributed by atoms with Gasteiger partial charge in [0.2, 0.25) is 0 Å². The Hall–Kier alpha value is -1.05. The predicted octanol–water partition coefficient (Wildman–Crippen LogP) is 2.57. The van der Waals surface area contributed by atoms with E-state index in [4.69, 9.17) is 9.84 Å². The van der Waals surface area contributed by atoms with Crippen LogP contribution in [0.4, 0.5) is 4.79 Å². The van der Waals surface area contributed by atoms with Crippen LogP contribution in [0.15, 0.2) is 12.1 Å². The molecule has 0 saturated carbocycles. The molecule has 0 aromatic carbocycles. The van der Waals surface area contributed by atoms with Crippen LogP contribution in [-0.2, 0) is 4.74 Å². The van der Waals surface area contributed by atoms with E-state index in [0.717, 1.165) is 4.57 Å². The molecule has 0 aliphatic carbocycles. The number of rotatable bonds is 1. The Balaban J connectivity index is 3.08. The number of hydrogen-bond acceptors (Lipinski definition) is 3. The number of carboxylic acids is 1. The first-order valence-corrected chi connectivity index (χ1v) is 5.64. The minimum atomic E-state index is -1.16. The van der Waals surface area contributed by atoms with Crippen molar-refractivity contribution in [2.24, 2.45) is 0 Å². The smallest absolute Gasteiger partial charge is 0.420 e. The highest BCUT2D eigenvalue weighted by molar-refractivity contribution is 14.1. The summed E-state index contributed by atoms with van der Waals surface area (Å²) < 4.78 is 6.65. The zero-order chi connectivity index (χ0) is 12.5. The van der Waals surface area contributed by atoms with Gasteiger partial charge in [0.05, 0.1) is 3.70 Å². The number of ether oxygens (including phenoxy) is 1. The number of carbonyl (C=O) groups is 2. The lowest BCUT2D eigenvalue weighted by atomic mass is 10.2. The van der Waals surface area contributed by atoms with E-state index in [9.17, 15) is 9.59 Å². The van der Waals surface area contributed by atoms with Crippen LogP contribution in [0.3, 0.4) is 0 Å². The van der Waals surface area contributed by atoms with Crippen LogP contribution in [0, 0.1) is 3.70 Å². The summed E-state index contributed by atoms with van der Waals surface area (Å²) in [6.07, 6.45) is -0.681. The maximum atomic E-state index is 11.7. The molecule has 0 amide bonds. The largest absolute Gasteiger partial charge is 0.477 e. The third kappa shape index (κ3) is 2.97. The molecule has 0 atom stereocenters. The summed E-state index contributed by atoms with van der Waals surface area (Å²) >= 11 is 1.88. The van der Waals surface area contributed by atoms with E-state index in [2.05, 4.69) is 0 Å². The molecular weight excluding hydrogens is 325 g/mol. The Kier molecular flexibility index (Phi) is 3.61. The monoisotopic (exact) mass is 337 g/mol. The van der Waals surface area contributed by atoms with Gasteiger partial charge in [0.15, 0.2) is 0 Å². The SMILES string of the molecule is CC(C)(C)OC(=O)n1c(I)ccc1C(=O)O. The molecule has 1 heterocycles. The van der Waals surface area contributed by atoms with Crippen LogP contribution >= 0.6 is 22.6 Å². The number of nitrogens with zero attached hydrogens (tertiary/aromatic N) is 1. The van der Waals surface area contributed by atoms with Gasteiger partial charge in [0, 0.05) is 0 Å². The number of aromatic nitrogens is 1. The molecule has 6 heteroatoms. The first kappa shape index (κ1) is 13.0. The van der Waals surface area contributed by atoms with Gasteiger partial charge < -0.3 is 9.84 Å². The van der Waals surface area contributed by atoms with Crippen molar-refractivity contribution in [3.05, 3.63) is 21.5 Å². The Labute approximate surface area is 107 Å². The van der Waals surface area contributed by atoms with E-state index in [1.54, 1.807) is 26.8 Å². The number of hydrogen-bond donors (Lipinski definition) is 1. The van der Waals surface area contributed by atoms with E-state index in [0.29, 0.717) is 3.70 Å². The molecule has 0 spiro atoms. The maximum absolute atomic E-state index is 11.7. The molecule has 0 fully saturated rings. The van der Waals surface area contributed by atoms with Crippen molar-refractivity contribution in [2.45, 2.75) is 26.4 Å². The summed E-state index contributed by atoms with van der Waals surface area (Å²) in [5, 5.41) is 8.89. The maximum Gasteiger partial charge on any atom is 0.420 e. The topological polar surface area (TPSA) is 68.5 Å². The van der Waals surface area contributed by atoms with Crippen molar-refractivity contribution in [3.63, 3.8) is 0 Å². The normalized spacial score (nSPS) is 11.2. The predicted molar refractivity (Wildman–Crippen MR) is 65.7 cm³/mol. The van der Waals surface area contributed by atoms with Crippen LogP contribution in [0.5, 0.6) is 0 Å². The van der Waals surface area contributed by atoms with Crippen LogP contribution in [0.1, 0.15) is 31.3 Å². The quantitative estimate of drug-likeness (QED) is 0.800. The highest BCUT2D eigenvalue weighted by atomic mass is 127. The number of carbonyl (C=O) groups excluding carboxylic acids is 1. The molecule has 5 nitrogen and oxygen atoms in total. The molecule has 16 heavy (non-hydrogen) atoms. The molecule has 0 bridgehead atoms. The lowest BCUT2D eigenvalue weighted by Gasteiger charge is -2.20. The summed E-state index contributed by atoms with van der Waals surface area (Å²) in [4.78, 5) is 22.6. The van der Waals surface area contributed by atoms with E-state index in [1.807, 2.05) is 22.6 Å². The van der Waals surface area contributed by atoms with Crippen molar-refractivity contribution in [2.75, 3.05) is 0 Å². The van der Waals surface area contributed by atoms with Gasteiger partial charge in [0.25, 0.3) is 0 Å². The van der Waals surface area contributed by atoms with Gasteiger partial charge in [-0.25, -0.2) is 14.2 Å². The fourth-order valence-corrected chi connectivity index (χ4v) is 1.71. The highest BCUT2D eigenvalue weighted by Crippen LogP contribution is 2.16. The molecule has 1 N–H and O–H groups in total. The second-order valence-electron chi connectivity index (χ2n) is 4.16. The summed E-state index contributed by atoms with van der Waals surface area (Å²) in [7, 11) is 0. The molecule has 1 rings (SSSR count). The Bertz CT molecular complexity index is 431. The molecular formula is C10H12INO4. The van der Waals surface area contributed by atoms with Gasteiger partial charge in [-0.15, -0.1) is 0 Å². The molecule has 1 aromatic rings. The van der Waals surface area contributed by atoms with Gasteiger partial charge in [-0.3, -0.25) is 0 Å². The Morgan fingerprint density at radius 2 is 1.94 bits per heavy atom. The van der Waals surface area contributed by atoms with E-state index >= 15 is 0 Å². The minimum Gasteiger partial charge on any atom is -0.477 e. The van der Waals surface area contributed by atoms with Gasteiger partial charge in [-0.05, 0) is 55.5 Å². The zero-order valence-electron chi connectivity index (χ0n) is 9.15. The van der Waals surface area contributed by atoms with Crippen LogP contribution in [0.2, 0.25) is 0 Å².